The number of carbonyl (C=O) groups excluding carboxylic acids is 1. The Morgan fingerprint density at radius 3 is 2.27 bits per heavy atom. The third-order valence-corrected chi connectivity index (χ3v) is 4.74. The first-order chi connectivity index (χ1) is 10.7. The van der Waals surface area contributed by atoms with Crippen LogP contribution in [0.4, 0.5) is 0 Å². The zero-order valence-corrected chi connectivity index (χ0v) is 12.7. The van der Waals surface area contributed by atoms with Crippen molar-refractivity contribution in [3.8, 4) is 0 Å². The van der Waals surface area contributed by atoms with E-state index in [1.807, 2.05) is 60.7 Å². The Balaban J connectivity index is 1.70. The predicted molar refractivity (Wildman–Crippen MR) is 88.0 cm³/mol. The lowest BCUT2D eigenvalue weighted by molar-refractivity contribution is -0.138. The van der Waals surface area contributed by atoms with E-state index in [9.17, 15) is 9.90 Å². The van der Waals surface area contributed by atoms with Gasteiger partial charge in [0.2, 0.25) is 0 Å². The molecule has 4 heteroatoms. The third-order valence-electron chi connectivity index (χ3n) is 3.41. The van der Waals surface area contributed by atoms with E-state index in [0.29, 0.717) is 11.5 Å². The van der Waals surface area contributed by atoms with E-state index >= 15 is 0 Å². The second-order valence-corrected chi connectivity index (χ2v) is 6.16. The van der Waals surface area contributed by atoms with Crippen LogP contribution in [0.3, 0.4) is 0 Å². The van der Waals surface area contributed by atoms with E-state index < -0.39 is 17.3 Å². The van der Waals surface area contributed by atoms with Gasteiger partial charge in [0.25, 0.3) is 0 Å². The van der Waals surface area contributed by atoms with Gasteiger partial charge in [-0.3, -0.25) is 4.79 Å². The summed E-state index contributed by atoms with van der Waals surface area (Å²) in [4.78, 5) is 12.2. The molecule has 0 saturated heterocycles. The van der Waals surface area contributed by atoms with Gasteiger partial charge < -0.3 is 9.84 Å². The standard InChI is InChI=1S/C18H16O3S/c19-15-11-16(14-9-5-2-6-10-14)21-18(20)17(15)22-12-13-7-3-1-4-8-13/h1-11,15,17,19H,12H2. The van der Waals surface area contributed by atoms with Crippen molar-refractivity contribution in [1.82, 2.24) is 0 Å². The van der Waals surface area contributed by atoms with Gasteiger partial charge in [0.05, 0.1) is 6.10 Å². The molecule has 0 bridgehead atoms. The van der Waals surface area contributed by atoms with Crippen molar-refractivity contribution in [2.45, 2.75) is 17.1 Å². The molecule has 0 fully saturated rings. The van der Waals surface area contributed by atoms with Crippen molar-refractivity contribution >= 4 is 23.5 Å². The minimum atomic E-state index is -0.842. The molecule has 2 aromatic rings. The molecule has 2 aromatic carbocycles. The molecular weight excluding hydrogens is 296 g/mol. The molecule has 0 saturated carbocycles. The van der Waals surface area contributed by atoms with E-state index in [-0.39, 0.29) is 0 Å². The van der Waals surface area contributed by atoms with E-state index in [2.05, 4.69) is 0 Å². The number of carbonyl (C=O) groups is 1. The Bertz CT molecular complexity index is 667. The van der Waals surface area contributed by atoms with Crippen LogP contribution in [0.1, 0.15) is 11.1 Å². The number of benzene rings is 2. The fraction of sp³-hybridized carbons (Fsp3) is 0.167. The van der Waals surface area contributed by atoms with Gasteiger partial charge in [0.1, 0.15) is 11.0 Å². The maximum Gasteiger partial charge on any atom is 0.327 e. The largest absolute Gasteiger partial charge is 0.425 e. The highest BCUT2D eigenvalue weighted by Gasteiger charge is 2.33. The van der Waals surface area contributed by atoms with Crippen LogP contribution in [0.2, 0.25) is 0 Å². The fourth-order valence-corrected chi connectivity index (χ4v) is 3.29. The van der Waals surface area contributed by atoms with E-state index in [1.165, 1.54) is 11.8 Å². The Morgan fingerprint density at radius 2 is 1.64 bits per heavy atom. The van der Waals surface area contributed by atoms with Crippen molar-refractivity contribution in [2.75, 3.05) is 0 Å². The first-order valence-electron chi connectivity index (χ1n) is 7.06. The smallest absolute Gasteiger partial charge is 0.327 e. The van der Waals surface area contributed by atoms with Crippen LogP contribution in [-0.4, -0.2) is 22.4 Å². The molecule has 3 nitrogen and oxygen atoms in total. The SMILES string of the molecule is O=C1OC(c2ccccc2)=CC(O)C1SCc1ccccc1. The first-order valence-corrected chi connectivity index (χ1v) is 8.11. The molecular formula is C18H16O3S. The van der Waals surface area contributed by atoms with Crippen LogP contribution in [0.25, 0.3) is 5.76 Å². The second-order valence-electron chi connectivity index (χ2n) is 5.03. The molecule has 22 heavy (non-hydrogen) atoms. The zero-order chi connectivity index (χ0) is 15.4. The number of hydrogen-bond donors (Lipinski definition) is 1. The van der Waals surface area contributed by atoms with Gasteiger partial charge >= 0.3 is 5.97 Å². The Kier molecular flexibility index (Phi) is 4.61. The number of esters is 1. The molecule has 0 aliphatic carbocycles. The summed E-state index contributed by atoms with van der Waals surface area (Å²) in [7, 11) is 0. The quantitative estimate of drug-likeness (QED) is 0.880. The third kappa shape index (κ3) is 3.40. The summed E-state index contributed by atoms with van der Waals surface area (Å²) in [5.74, 6) is 0.691. The topological polar surface area (TPSA) is 46.5 Å². The van der Waals surface area contributed by atoms with Crippen LogP contribution >= 0.6 is 11.8 Å². The van der Waals surface area contributed by atoms with Gasteiger partial charge in [0, 0.05) is 11.3 Å². The summed E-state index contributed by atoms with van der Waals surface area (Å²) in [6.45, 7) is 0. The van der Waals surface area contributed by atoms with Gasteiger partial charge in [-0.25, -0.2) is 0 Å². The van der Waals surface area contributed by atoms with Crippen molar-refractivity contribution < 1.29 is 14.6 Å². The highest BCUT2D eigenvalue weighted by Crippen LogP contribution is 2.30. The highest BCUT2D eigenvalue weighted by molar-refractivity contribution is 7.99. The number of cyclic esters (lactones) is 1. The monoisotopic (exact) mass is 312 g/mol. The highest BCUT2D eigenvalue weighted by atomic mass is 32.2. The number of aliphatic hydroxyl groups excluding tert-OH is 1. The molecule has 2 atom stereocenters. The average molecular weight is 312 g/mol. The predicted octanol–water partition coefficient (Wildman–Crippen LogP) is 3.25. The molecule has 112 valence electrons. The van der Waals surface area contributed by atoms with Crippen molar-refractivity contribution in [3.63, 3.8) is 0 Å². The summed E-state index contributed by atoms with van der Waals surface area (Å²) in [6.07, 6.45) is 0.768. The molecule has 0 spiro atoms. The fourth-order valence-electron chi connectivity index (χ4n) is 2.27. The summed E-state index contributed by atoms with van der Waals surface area (Å²) in [5, 5.41) is 9.66. The number of ether oxygens (including phenoxy) is 1. The van der Waals surface area contributed by atoms with Crippen LogP contribution in [0.15, 0.2) is 66.7 Å². The van der Waals surface area contributed by atoms with Crippen molar-refractivity contribution in [2.24, 2.45) is 0 Å². The molecule has 2 unspecified atom stereocenters. The van der Waals surface area contributed by atoms with Gasteiger partial charge in [0.15, 0.2) is 0 Å². The van der Waals surface area contributed by atoms with Crippen LogP contribution in [0.5, 0.6) is 0 Å². The zero-order valence-electron chi connectivity index (χ0n) is 11.9. The number of hydrogen-bond acceptors (Lipinski definition) is 4. The normalized spacial score (nSPS) is 21.1. The van der Waals surface area contributed by atoms with Gasteiger partial charge in [-0.15, -0.1) is 11.8 Å². The van der Waals surface area contributed by atoms with E-state index in [1.54, 1.807) is 6.08 Å². The summed E-state index contributed by atoms with van der Waals surface area (Å²) >= 11 is 1.39. The van der Waals surface area contributed by atoms with Gasteiger partial charge in [-0.2, -0.15) is 0 Å². The Hall–Kier alpha value is -2.04. The van der Waals surface area contributed by atoms with Crippen molar-refractivity contribution in [1.29, 1.82) is 0 Å². The molecule has 1 N–H and O–H groups in total. The molecule has 1 heterocycles. The number of aliphatic hydroxyl groups is 1. The lowest BCUT2D eigenvalue weighted by atomic mass is 10.1. The lowest BCUT2D eigenvalue weighted by Crippen LogP contribution is -2.35. The minimum Gasteiger partial charge on any atom is -0.425 e. The second kappa shape index (κ2) is 6.81. The first kappa shape index (κ1) is 14.9. The summed E-state index contributed by atoms with van der Waals surface area (Å²) < 4.78 is 5.39. The molecule has 3 rings (SSSR count). The molecule has 0 radical (unpaired) electrons. The van der Waals surface area contributed by atoms with Crippen molar-refractivity contribution in [3.05, 3.63) is 77.9 Å². The Labute approximate surface area is 133 Å². The summed E-state index contributed by atoms with van der Waals surface area (Å²) in [6, 6.07) is 19.2. The Morgan fingerprint density at radius 1 is 1.00 bits per heavy atom. The van der Waals surface area contributed by atoms with Crippen LogP contribution in [0, 0.1) is 0 Å². The molecule has 0 aromatic heterocycles. The average Bonchev–Trinajstić information content (AvgIpc) is 2.56. The maximum atomic E-state index is 12.2. The van der Waals surface area contributed by atoms with Crippen LogP contribution < -0.4 is 0 Å². The number of rotatable bonds is 4. The number of thioether (sulfide) groups is 1. The summed E-state index contributed by atoms with van der Waals surface area (Å²) in [5.41, 5.74) is 1.91. The minimum absolute atomic E-state index is 0.394. The molecule has 1 aliphatic heterocycles. The van der Waals surface area contributed by atoms with Crippen LogP contribution in [-0.2, 0) is 15.3 Å². The van der Waals surface area contributed by atoms with E-state index in [0.717, 1.165) is 11.1 Å². The van der Waals surface area contributed by atoms with E-state index in [4.69, 9.17) is 4.74 Å². The van der Waals surface area contributed by atoms with Gasteiger partial charge in [-0.1, -0.05) is 60.7 Å². The lowest BCUT2D eigenvalue weighted by Gasteiger charge is -2.25. The molecule has 0 amide bonds. The van der Waals surface area contributed by atoms with Gasteiger partial charge in [-0.05, 0) is 11.6 Å². The maximum absolute atomic E-state index is 12.2. The molecule has 1 aliphatic rings.